The molecule has 16 aromatic rings. The number of nitrogens with zero attached hydrogens (tertiary/aromatic N) is 4. The predicted molar refractivity (Wildman–Crippen MR) is 304 cm³/mol. The third-order valence-electron chi connectivity index (χ3n) is 14.6. The molecule has 0 saturated carbocycles. The lowest BCUT2D eigenvalue weighted by Crippen LogP contribution is -2.02. The van der Waals surface area contributed by atoms with Crippen molar-refractivity contribution in [3.05, 3.63) is 218 Å². The van der Waals surface area contributed by atoms with Gasteiger partial charge in [-0.2, -0.15) is 0 Å². The minimum Gasteiger partial charge on any atom is -0.456 e. The number of rotatable bonds is 5. The van der Waals surface area contributed by atoms with Crippen LogP contribution in [0.25, 0.3) is 157 Å². The molecule has 5 aromatic heterocycles. The number of furan rings is 1. The van der Waals surface area contributed by atoms with Crippen LogP contribution in [0.15, 0.2) is 223 Å². The van der Waals surface area contributed by atoms with Gasteiger partial charge < -0.3 is 8.98 Å². The Hall–Kier alpha value is -9.01. The molecular formula is C65H36N4OS2. The number of aromatic nitrogens is 4. The van der Waals surface area contributed by atoms with E-state index >= 15 is 0 Å². The zero-order chi connectivity index (χ0) is 47.0. The molecule has 5 nitrogen and oxygen atoms in total. The van der Waals surface area contributed by atoms with Crippen molar-refractivity contribution in [2.24, 2.45) is 0 Å². The summed E-state index contributed by atoms with van der Waals surface area (Å²) >= 11 is 3.60. The van der Waals surface area contributed by atoms with Gasteiger partial charge in [0, 0.05) is 89.5 Å². The van der Waals surface area contributed by atoms with Crippen molar-refractivity contribution in [3.8, 4) is 51.0 Å². The highest BCUT2D eigenvalue weighted by Crippen LogP contribution is 2.45. The average molecular weight is 953 g/mol. The van der Waals surface area contributed by atoms with E-state index < -0.39 is 0 Å². The standard InChI is InChI=1S/C65H36N4OS2/c1-2-15-39-36-53-50(33-38(39)14-1)44-30-27-37-13-3-4-16-42(37)62(44)69(53)52-31-28-41(35-49(52)40-29-32-55-51(34-40)43-17-5-8-22-54(43)70-55)63-66-64(47-20-11-25-58-60(47)45-18-6-9-23-56(45)71-58)68-65(67-63)48-21-12-26-59-61(48)46-19-7-10-24-57(46)72-59/h1-36H. The molecule has 72 heavy (non-hydrogen) atoms. The van der Waals surface area contributed by atoms with E-state index in [-0.39, 0.29) is 0 Å². The fraction of sp³-hybridized carbons (Fsp3) is 0. The molecule has 0 bridgehead atoms. The van der Waals surface area contributed by atoms with Crippen LogP contribution >= 0.6 is 22.7 Å². The number of para-hydroxylation sites is 1. The van der Waals surface area contributed by atoms with Crippen molar-refractivity contribution in [2.75, 3.05) is 0 Å². The summed E-state index contributed by atoms with van der Waals surface area (Å²) in [5.41, 5.74) is 10.0. The first-order valence-corrected chi connectivity index (χ1v) is 25.8. The van der Waals surface area contributed by atoms with Crippen LogP contribution in [0.4, 0.5) is 0 Å². The van der Waals surface area contributed by atoms with Crippen molar-refractivity contribution in [1.82, 2.24) is 19.5 Å². The number of benzene rings is 11. The maximum atomic E-state index is 6.43. The summed E-state index contributed by atoms with van der Waals surface area (Å²) in [6, 6.07) is 78.7. The van der Waals surface area contributed by atoms with Gasteiger partial charge >= 0.3 is 0 Å². The molecule has 0 amide bonds. The van der Waals surface area contributed by atoms with Crippen molar-refractivity contribution >= 4 is 128 Å². The summed E-state index contributed by atoms with van der Waals surface area (Å²) in [5, 5.41) is 14.0. The molecule has 0 aliphatic heterocycles. The fourth-order valence-electron chi connectivity index (χ4n) is 11.4. The highest BCUT2D eigenvalue weighted by molar-refractivity contribution is 7.26. The Bertz CT molecular complexity index is 4830. The molecule has 7 heteroatoms. The minimum absolute atomic E-state index is 0.601. The predicted octanol–water partition coefficient (Wildman–Crippen LogP) is 18.6. The van der Waals surface area contributed by atoms with Crippen molar-refractivity contribution in [2.45, 2.75) is 0 Å². The van der Waals surface area contributed by atoms with Gasteiger partial charge in [-0.25, -0.2) is 15.0 Å². The molecule has 11 aromatic carbocycles. The maximum absolute atomic E-state index is 6.43. The number of hydrogen-bond donors (Lipinski definition) is 0. The van der Waals surface area contributed by atoms with E-state index in [9.17, 15) is 0 Å². The second-order valence-corrected chi connectivity index (χ2v) is 20.8. The maximum Gasteiger partial charge on any atom is 0.164 e. The second-order valence-electron chi connectivity index (χ2n) is 18.6. The van der Waals surface area contributed by atoms with Crippen LogP contribution in [0.1, 0.15) is 0 Å². The van der Waals surface area contributed by atoms with Gasteiger partial charge in [-0.15, -0.1) is 22.7 Å². The van der Waals surface area contributed by atoms with Gasteiger partial charge in [-0.1, -0.05) is 146 Å². The fourth-order valence-corrected chi connectivity index (χ4v) is 13.6. The Morgan fingerprint density at radius 2 is 0.903 bits per heavy atom. The first kappa shape index (κ1) is 39.8. The Kier molecular flexibility index (Phi) is 8.43. The van der Waals surface area contributed by atoms with E-state index in [0.717, 1.165) is 71.7 Å². The van der Waals surface area contributed by atoms with Crippen molar-refractivity contribution in [3.63, 3.8) is 0 Å². The van der Waals surface area contributed by atoms with Crippen LogP contribution in [0.2, 0.25) is 0 Å². The Morgan fingerprint density at radius 3 is 1.62 bits per heavy atom. The third-order valence-corrected chi connectivity index (χ3v) is 16.9. The van der Waals surface area contributed by atoms with Gasteiger partial charge in [0.1, 0.15) is 11.2 Å². The lowest BCUT2D eigenvalue weighted by Gasteiger charge is -2.17. The third kappa shape index (κ3) is 5.89. The monoisotopic (exact) mass is 952 g/mol. The number of thiophene rings is 2. The van der Waals surface area contributed by atoms with E-state index in [1.165, 1.54) is 67.4 Å². The minimum atomic E-state index is 0.601. The number of fused-ring (bicyclic) bond motifs is 15. The molecule has 0 unspecified atom stereocenters. The van der Waals surface area contributed by atoms with Crippen LogP contribution in [0, 0.1) is 0 Å². The molecule has 0 spiro atoms. The summed E-state index contributed by atoms with van der Waals surface area (Å²) < 4.78 is 13.8. The Balaban J connectivity index is 1.01. The lowest BCUT2D eigenvalue weighted by molar-refractivity contribution is 0.669. The van der Waals surface area contributed by atoms with Crippen molar-refractivity contribution < 1.29 is 4.42 Å². The zero-order valence-electron chi connectivity index (χ0n) is 38.3. The van der Waals surface area contributed by atoms with E-state index in [4.69, 9.17) is 19.4 Å². The van der Waals surface area contributed by atoms with Crippen LogP contribution in [-0.2, 0) is 0 Å². The molecule has 0 fully saturated rings. The Labute approximate surface area is 419 Å². The molecule has 0 aliphatic carbocycles. The number of hydrogen-bond acceptors (Lipinski definition) is 6. The van der Waals surface area contributed by atoms with E-state index in [0.29, 0.717) is 17.5 Å². The van der Waals surface area contributed by atoms with Crippen LogP contribution in [0.5, 0.6) is 0 Å². The second kappa shape index (κ2) is 15.2. The van der Waals surface area contributed by atoms with Gasteiger partial charge in [-0.3, -0.25) is 0 Å². The molecule has 0 N–H and O–H groups in total. The SMILES string of the molecule is c1ccc2cc3c(cc2c1)c1ccc2ccccc2c1n3-c1ccc(-c2nc(-c3cccc4sc5ccccc5c34)nc(-c3cccc4sc5ccccc5c34)n2)cc1-c1ccc2oc3ccccc3c2c1. The average Bonchev–Trinajstić information content (AvgIpc) is 4.21. The zero-order valence-corrected chi connectivity index (χ0v) is 39.9. The molecule has 16 rings (SSSR count). The summed E-state index contributed by atoms with van der Waals surface area (Å²) in [4.78, 5) is 16.5. The normalized spacial score (nSPS) is 12.2. The highest BCUT2D eigenvalue weighted by Gasteiger charge is 2.23. The molecule has 0 radical (unpaired) electrons. The summed E-state index contributed by atoms with van der Waals surface area (Å²) in [7, 11) is 0. The van der Waals surface area contributed by atoms with Crippen LogP contribution < -0.4 is 0 Å². The topological polar surface area (TPSA) is 56.7 Å². The van der Waals surface area contributed by atoms with Crippen LogP contribution in [0.3, 0.4) is 0 Å². The molecule has 0 atom stereocenters. The quantitative estimate of drug-likeness (QED) is 0.172. The molecular weight excluding hydrogens is 917 g/mol. The van der Waals surface area contributed by atoms with Gasteiger partial charge in [0.15, 0.2) is 17.5 Å². The smallest absolute Gasteiger partial charge is 0.164 e. The summed E-state index contributed by atoms with van der Waals surface area (Å²) in [6.45, 7) is 0. The van der Waals surface area contributed by atoms with Crippen molar-refractivity contribution in [1.29, 1.82) is 0 Å². The van der Waals surface area contributed by atoms with Crippen LogP contribution in [-0.4, -0.2) is 19.5 Å². The van der Waals surface area contributed by atoms with E-state index in [2.05, 4.69) is 211 Å². The molecule has 0 saturated heterocycles. The van der Waals surface area contributed by atoms with E-state index in [1.54, 1.807) is 22.7 Å². The Morgan fingerprint density at radius 1 is 0.333 bits per heavy atom. The lowest BCUT2D eigenvalue weighted by atomic mass is 9.98. The first-order valence-electron chi connectivity index (χ1n) is 24.2. The van der Waals surface area contributed by atoms with Gasteiger partial charge in [-0.05, 0) is 94.5 Å². The highest BCUT2D eigenvalue weighted by atomic mass is 32.1. The van der Waals surface area contributed by atoms with Gasteiger partial charge in [0.25, 0.3) is 0 Å². The molecule has 5 heterocycles. The molecule has 0 aliphatic rings. The summed E-state index contributed by atoms with van der Waals surface area (Å²) in [6.07, 6.45) is 0. The largest absolute Gasteiger partial charge is 0.456 e. The van der Waals surface area contributed by atoms with Gasteiger partial charge in [0.2, 0.25) is 0 Å². The molecule has 334 valence electrons. The van der Waals surface area contributed by atoms with Gasteiger partial charge in [0.05, 0.1) is 16.7 Å². The van der Waals surface area contributed by atoms with E-state index in [1.807, 2.05) is 12.1 Å². The first-order chi connectivity index (χ1) is 35.7. The summed E-state index contributed by atoms with van der Waals surface area (Å²) in [5.74, 6) is 1.88.